The van der Waals surface area contributed by atoms with Crippen LogP contribution in [0.1, 0.15) is 39.3 Å². The van der Waals surface area contributed by atoms with E-state index < -0.39 is 0 Å². The Hall–Kier alpha value is -3.22. The number of rotatable bonds is 3. The molecule has 4 rings (SSSR count). The van der Waals surface area contributed by atoms with Crippen LogP contribution in [0, 0.1) is 12.7 Å². The van der Waals surface area contributed by atoms with Crippen LogP contribution in [0.4, 0.5) is 4.39 Å². The van der Waals surface area contributed by atoms with Crippen LogP contribution in [0.25, 0.3) is 11.0 Å². The first-order valence-corrected chi connectivity index (χ1v) is 9.22. The Morgan fingerprint density at radius 3 is 2.75 bits per heavy atom. The lowest BCUT2D eigenvalue weighted by Crippen LogP contribution is -2.46. The van der Waals surface area contributed by atoms with Crippen LogP contribution in [0.3, 0.4) is 0 Å². The maximum absolute atomic E-state index is 13.5. The number of likely N-dealkylation sites (tertiary alicyclic amines) is 1. The van der Waals surface area contributed by atoms with E-state index in [2.05, 4.69) is 10.3 Å². The molecule has 1 aliphatic rings. The zero-order chi connectivity index (χ0) is 19.7. The number of benzene rings is 1. The Balaban J connectivity index is 1.40. The highest BCUT2D eigenvalue weighted by Gasteiger charge is 2.28. The molecule has 0 saturated carbocycles. The third-order valence-electron chi connectivity index (χ3n) is 5.13. The van der Waals surface area contributed by atoms with Gasteiger partial charge in [-0.3, -0.25) is 14.6 Å². The van der Waals surface area contributed by atoms with E-state index in [-0.39, 0.29) is 29.4 Å². The highest BCUT2D eigenvalue weighted by atomic mass is 19.1. The fourth-order valence-electron chi connectivity index (χ4n) is 3.53. The van der Waals surface area contributed by atoms with Crippen molar-refractivity contribution in [2.45, 2.75) is 25.8 Å². The topological polar surface area (TPSA) is 75.4 Å². The molecule has 3 heterocycles. The summed E-state index contributed by atoms with van der Waals surface area (Å²) in [5.41, 5.74) is 1.67. The minimum Gasteiger partial charge on any atom is -0.451 e. The fourth-order valence-corrected chi connectivity index (χ4v) is 3.53. The Morgan fingerprint density at radius 1 is 1.25 bits per heavy atom. The van der Waals surface area contributed by atoms with Crippen molar-refractivity contribution < 1.29 is 18.4 Å². The maximum atomic E-state index is 13.5. The van der Waals surface area contributed by atoms with Gasteiger partial charge in [0.05, 0.1) is 5.56 Å². The lowest BCUT2D eigenvalue weighted by Gasteiger charge is -2.32. The van der Waals surface area contributed by atoms with E-state index in [1.807, 2.05) is 0 Å². The number of carbonyl (C=O) groups is 2. The van der Waals surface area contributed by atoms with Gasteiger partial charge in [0.2, 0.25) is 0 Å². The molecule has 2 aromatic heterocycles. The number of aromatic nitrogens is 1. The summed E-state index contributed by atoms with van der Waals surface area (Å²) >= 11 is 0. The summed E-state index contributed by atoms with van der Waals surface area (Å²) in [6, 6.07) is 7.67. The van der Waals surface area contributed by atoms with Gasteiger partial charge in [0.15, 0.2) is 5.76 Å². The van der Waals surface area contributed by atoms with Crippen molar-refractivity contribution in [2.24, 2.45) is 0 Å². The summed E-state index contributed by atoms with van der Waals surface area (Å²) in [6.07, 6.45) is 4.47. The molecule has 3 aromatic rings. The number of halogens is 1. The number of hydrogen-bond acceptors (Lipinski definition) is 4. The zero-order valence-electron chi connectivity index (χ0n) is 15.4. The van der Waals surface area contributed by atoms with Crippen LogP contribution in [0.2, 0.25) is 0 Å². The molecule has 1 saturated heterocycles. The fraction of sp³-hybridized carbons (Fsp3) is 0.286. The first-order chi connectivity index (χ1) is 13.5. The predicted molar refractivity (Wildman–Crippen MR) is 102 cm³/mol. The van der Waals surface area contributed by atoms with E-state index in [9.17, 15) is 14.0 Å². The number of hydrogen-bond donors (Lipinski definition) is 1. The van der Waals surface area contributed by atoms with Crippen LogP contribution in [0.5, 0.6) is 0 Å². The molecule has 0 spiro atoms. The van der Waals surface area contributed by atoms with E-state index in [1.165, 1.54) is 24.4 Å². The predicted octanol–water partition coefficient (Wildman–Crippen LogP) is 3.31. The second-order valence-electron chi connectivity index (χ2n) is 6.98. The van der Waals surface area contributed by atoms with E-state index in [4.69, 9.17) is 4.42 Å². The molecule has 7 heteroatoms. The van der Waals surface area contributed by atoms with Gasteiger partial charge in [0.1, 0.15) is 11.4 Å². The molecule has 144 valence electrons. The Labute approximate surface area is 161 Å². The summed E-state index contributed by atoms with van der Waals surface area (Å²) in [5.74, 6) is -0.474. The summed E-state index contributed by atoms with van der Waals surface area (Å²) in [5, 5.41) is 3.60. The molecule has 0 bridgehead atoms. The number of piperidine rings is 1. The van der Waals surface area contributed by atoms with Crippen LogP contribution in [0.15, 0.2) is 47.1 Å². The van der Waals surface area contributed by atoms with Crippen molar-refractivity contribution in [1.29, 1.82) is 0 Å². The smallest absolute Gasteiger partial charge is 0.289 e. The number of amides is 2. The van der Waals surface area contributed by atoms with Gasteiger partial charge in [-0.2, -0.15) is 0 Å². The first kappa shape index (κ1) is 18.2. The normalized spacial score (nSPS) is 15.0. The van der Waals surface area contributed by atoms with E-state index in [0.717, 1.165) is 0 Å². The number of furan rings is 1. The van der Waals surface area contributed by atoms with Crippen molar-refractivity contribution in [3.63, 3.8) is 0 Å². The SMILES string of the molecule is Cc1c(C(=O)N2CCC(NC(=O)c3cccnc3)CC2)oc2ccc(F)cc12. The van der Waals surface area contributed by atoms with Gasteiger partial charge in [-0.25, -0.2) is 4.39 Å². The van der Waals surface area contributed by atoms with Crippen LogP contribution >= 0.6 is 0 Å². The van der Waals surface area contributed by atoms with E-state index >= 15 is 0 Å². The molecule has 0 aliphatic carbocycles. The standard InChI is InChI=1S/C21H20FN3O3/c1-13-17-11-15(22)4-5-18(17)28-19(13)21(27)25-9-6-16(7-10-25)24-20(26)14-3-2-8-23-12-14/h2-5,8,11-12,16H,6-7,9-10H2,1H3,(H,24,26). The average molecular weight is 381 g/mol. The molecule has 1 fully saturated rings. The van der Waals surface area contributed by atoms with Gasteiger partial charge in [0, 0.05) is 42.5 Å². The van der Waals surface area contributed by atoms with Gasteiger partial charge in [-0.1, -0.05) is 0 Å². The van der Waals surface area contributed by atoms with Crippen molar-refractivity contribution in [2.75, 3.05) is 13.1 Å². The van der Waals surface area contributed by atoms with Crippen LogP contribution < -0.4 is 5.32 Å². The second kappa shape index (κ2) is 7.42. The molecule has 28 heavy (non-hydrogen) atoms. The van der Waals surface area contributed by atoms with Crippen LogP contribution in [-0.2, 0) is 0 Å². The largest absolute Gasteiger partial charge is 0.451 e. The lowest BCUT2D eigenvalue weighted by molar-refractivity contribution is 0.0668. The monoisotopic (exact) mass is 381 g/mol. The third-order valence-corrected chi connectivity index (χ3v) is 5.13. The molecule has 2 amide bonds. The number of nitrogens with one attached hydrogen (secondary N) is 1. The van der Waals surface area contributed by atoms with Crippen molar-refractivity contribution >= 4 is 22.8 Å². The summed E-state index contributed by atoms with van der Waals surface area (Å²) in [6.45, 7) is 2.79. The van der Waals surface area contributed by atoms with Crippen LogP contribution in [-0.4, -0.2) is 40.8 Å². The molecule has 1 aliphatic heterocycles. The van der Waals surface area contributed by atoms with Gasteiger partial charge in [-0.15, -0.1) is 0 Å². The summed E-state index contributed by atoms with van der Waals surface area (Å²) in [7, 11) is 0. The molecule has 0 radical (unpaired) electrons. The lowest BCUT2D eigenvalue weighted by atomic mass is 10.0. The van der Waals surface area contributed by atoms with Crippen molar-refractivity contribution in [3.05, 3.63) is 65.4 Å². The number of fused-ring (bicyclic) bond motifs is 1. The molecular formula is C21H20FN3O3. The molecule has 0 atom stereocenters. The second-order valence-corrected chi connectivity index (χ2v) is 6.98. The quantitative estimate of drug-likeness (QED) is 0.755. The minimum atomic E-state index is -0.361. The highest BCUT2D eigenvalue weighted by Crippen LogP contribution is 2.27. The summed E-state index contributed by atoms with van der Waals surface area (Å²) < 4.78 is 19.2. The maximum Gasteiger partial charge on any atom is 0.289 e. The van der Waals surface area contributed by atoms with Gasteiger partial charge >= 0.3 is 0 Å². The Kier molecular flexibility index (Phi) is 4.81. The molecule has 6 nitrogen and oxygen atoms in total. The third kappa shape index (κ3) is 3.47. The first-order valence-electron chi connectivity index (χ1n) is 9.22. The zero-order valence-corrected chi connectivity index (χ0v) is 15.4. The number of aryl methyl sites for hydroxylation is 1. The number of carbonyl (C=O) groups excluding carboxylic acids is 2. The molecule has 1 N–H and O–H groups in total. The van der Waals surface area contributed by atoms with Gasteiger partial charge in [-0.05, 0) is 50.1 Å². The summed E-state index contributed by atoms with van der Waals surface area (Å²) in [4.78, 5) is 30.8. The molecule has 0 unspecified atom stereocenters. The van der Waals surface area contributed by atoms with Crippen molar-refractivity contribution in [1.82, 2.24) is 15.2 Å². The van der Waals surface area contributed by atoms with Gasteiger partial charge < -0.3 is 14.6 Å². The van der Waals surface area contributed by atoms with E-state index in [0.29, 0.717) is 48.0 Å². The average Bonchev–Trinajstić information content (AvgIpc) is 3.04. The van der Waals surface area contributed by atoms with Gasteiger partial charge in [0.25, 0.3) is 11.8 Å². The number of pyridine rings is 1. The minimum absolute atomic E-state index is 0.00243. The Morgan fingerprint density at radius 2 is 2.04 bits per heavy atom. The molecular weight excluding hydrogens is 361 g/mol. The van der Waals surface area contributed by atoms with Crippen molar-refractivity contribution in [3.8, 4) is 0 Å². The number of nitrogens with zero attached hydrogens (tertiary/aromatic N) is 2. The highest BCUT2D eigenvalue weighted by molar-refractivity contribution is 5.99. The Bertz CT molecular complexity index is 1020. The molecule has 1 aromatic carbocycles. The van der Waals surface area contributed by atoms with E-state index in [1.54, 1.807) is 30.2 Å².